The monoisotopic (exact) mass is 615 g/mol. The fourth-order valence-corrected chi connectivity index (χ4v) is 4.39. The first-order valence-corrected chi connectivity index (χ1v) is 13.9. The van der Waals surface area contributed by atoms with Crippen molar-refractivity contribution in [3.8, 4) is 28.7 Å². The van der Waals surface area contributed by atoms with Crippen LogP contribution in [0, 0.1) is 5.82 Å². The van der Waals surface area contributed by atoms with E-state index in [1.54, 1.807) is 20.4 Å². The second-order valence-corrected chi connectivity index (χ2v) is 9.99. The van der Waals surface area contributed by atoms with Crippen molar-refractivity contribution in [1.29, 1.82) is 0 Å². The van der Waals surface area contributed by atoms with Gasteiger partial charge in [-0.05, 0) is 55.3 Å². The third-order valence-corrected chi connectivity index (χ3v) is 6.66. The minimum Gasteiger partial charge on any atom is -0.493 e. The van der Waals surface area contributed by atoms with E-state index in [2.05, 4.69) is 20.2 Å². The van der Waals surface area contributed by atoms with Crippen LogP contribution < -0.4 is 29.4 Å². The van der Waals surface area contributed by atoms with Crippen LogP contribution in [0.3, 0.4) is 0 Å². The highest BCUT2D eigenvalue weighted by Crippen LogP contribution is 2.49. The minimum absolute atomic E-state index is 0.250. The number of halogens is 1. The molecule has 12 nitrogen and oxygen atoms in total. The van der Waals surface area contributed by atoms with Gasteiger partial charge in [0, 0.05) is 42.0 Å². The zero-order valence-corrected chi connectivity index (χ0v) is 24.3. The summed E-state index contributed by atoms with van der Waals surface area (Å²) >= 11 is 0. The van der Waals surface area contributed by atoms with Gasteiger partial charge in [-0.3, -0.25) is 14.3 Å². The molecule has 1 aromatic heterocycles. The average molecular weight is 616 g/mol. The summed E-state index contributed by atoms with van der Waals surface area (Å²) < 4.78 is 63.8. The first-order valence-electron chi connectivity index (χ1n) is 12.6. The van der Waals surface area contributed by atoms with E-state index in [0.29, 0.717) is 36.4 Å². The molecule has 1 saturated carbocycles. The predicted molar refractivity (Wildman–Crippen MR) is 157 cm³/mol. The normalized spacial score (nSPS) is 12.8. The topological polar surface area (TPSA) is 176 Å². The van der Waals surface area contributed by atoms with Crippen LogP contribution in [0.25, 0.3) is 10.9 Å². The molecule has 1 aliphatic carbocycles. The molecule has 0 atom stereocenters. The second-order valence-electron chi connectivity index (χ2n) is 8.97. The molecular formula is C29H30FN3O9S. The third kappa shape index (κ3) is 8.53. The van der Waals surface area contributed by atoms with E-state index in [1.165, 1.54) is 6.07 Å². The molecule has 0 radical (unpaired) electrons. The number of hydrogen-bond donors (Lipinski definition) is 3. The van der Waals surface area contributed by atoms with Crippen molar-refractivity contribution in [2.45, 2.75) is 18.3 Å². The number of anilines is 1. The molecule has 1 aliphatic rings. The number of benzene rings is 3. The first kappa shape index (κ1) is 32.6. The number of nitrogens with zero attached hydrogens (tertiary/aromatic N) is 1. The number of hydrogen-bond acceptors (Lipinski definition) is 10. The highest BCUT2D eigenvalue weighted by molar-refractivity contribution is 7.81. The van der Waals surface area contributed by atoms with Gasteiger partial charge in [0.25, 0.3) is 0 Å². The van der Waals surface area contributed by atoms with Crippen molar-refractivity contribution in [2.24, 2.45) is 5.73 Å². The highest BCUT2D eigenvalue weighted by Gasteiger charge is 2.46. The number of primary amides is 1. The number of carbonyl (C=O) groups excluding carboxylic acids is 2. The maximum atomic E-state index is 13.0. The van der Waals surface area contributed by atoms with Crippen LogP contribution >= 0.6 is 0 Å². The van der Waals surface area contributed by atoms with Gasteiger partial charge >= 0.3 is 10.4 Å². The molecule has 3 aromatic carbocycles. The predicted octanol–water partition coefficient (Wildman–Crippen LogP) is 4.43. The molecule has 1 heterocycles. The number of amides is 1. The number of rotatable bonds is 9. The summed E-state index contributed by atoms with van der Waals surface area (Å²) in [6.45, 7) is 0. The summed E-state index contributed by atoms with van der Waals surface area (Å²) in [6.07, 6.45) is 3.73. The van der Waals surface area contributed by atoms with E-state index < -0.39 is 21.6 Å². The number of aldehydes is 1. The lowest BCUT2D eigenvalue weighted by molar-refractivity contribution is -0.110. The number of carbonyl (C=O) groups is 2. The van der Waals surface area contributed by atoms with Gasteiger partial charge in [0.2, 0.25) is 6.41 Å². The Morgan fingerprint density at radius 3 is 2.12 bits per heavy atom. The van der Waals surface area contributed by atoms with E-state index in [9.17, 15) is 17.6 Å². The summed E-state index contributed by atoms with van der Waals surface area (Å²) in [5, 5.41) is 3.94. The summed E-state index contributed by atoms with van der Waals surface area (Å²) in [5.74, 6) is 1.69. The Kier molecular flexibility index (Phi) is 10.8. The van der Waals surface area contributed by atoms with Crippen LogP contribution in [-0.2, 0) is 25.4 Å². The Morgan fingerprint density at radius 1 is 0.953 bits per heavy atom. The minimum atomic E-state index is -4.74. The van der Waals surface area contributed by atoms with Crippen LogP contribution in [0.15, 0.2) is 66.9 Å². The van der Waals surface area contributed by atoms with Crippen LogP contribution in [0.5, 0.6) is 28.7 Å². The van der Waals surface area contributed by atoms with E-state index in [4.69, 9.17) is 23.6 Å². The van der Waals surface area contributed by atoms with Crippen LogP contribution in [-0.4, -0.2) is 51.9 Å². The van der Waals surface area contributed by atoms with Crippen molar-refractivity contribution in [3.05, 3.63) is 78.2 Å². The van der Waals surface area contributed by atoms with Gasteiger partial charge < -0.3 is 34.2 Å². The molecule has 0 spiro atoms. The zero-order chi connectivity index (χ0) is 31.6. The lowest BCUT2D eigenvalue weighted by atomic mass is 9.97. The highest BCUT2D eigenvalue weighted by atomic mass is 32.3. The van der Waals surface area contributed by atoms with Crippen LogP contribution in [0.4, 0.5) is 10.1 Å². The average Bonchev–Trinajstić information content (AvgIpc) is 3.78. The number of nitrogens with one attached hydrogen (secondary N) is 1. The number of aromatic nitrogens is 1. The van der Waals surface area contributed by atoms with Gasteiger partial charge in [0.05, 0.1) is 25.2 Å². The van der Waals surface area contributed by atoms with E-state index >= 15 is 0 Å². The maximum absolute atomic E-state index is 13.0. The summed E-state index contributed by atoms with van der Waals surface area (Å²) in [7, 11) is 0.354. The van der Waals surface area contributed by atoms with Gasteiger partial charge in [-0.25, -0.2) is 4.39 Å². The van der Waals surface area contributed by atoms with Crippen molar-refractivity contribution in [1.82, 2.24) is 4.98 Å². The quantitative estimate of drug-likeness (QED) is 0.179. The van der Waals surface area contributed by atoms with Crippen molar-refractivity contribution in [3.63, 3.8) is 0 Å². The Hall–Kier alpha value is -4.95. The number of fused-ring (bicyclic) bond motifs is 1. The largest absolute Gasteiger partial charge is 0.493 e. The fraction of sp³-hybridized carbons (Fsp3) is 0.207. The molecule has 43 heavy (non-hydrogen) atoms. The number of pyridine rings is 1. The van der Waals surface area contributed by atoms with Crippen molar-refractivity contribution < 1.29 is 45.3 Å². The summed E-state index contributed by atoms with van der Waals surface area (Å²) in [4.78, 5) is 23.9. The smallest absolute Gasteiger partial charge is 0.446 e. The number of nitrogens with two attached hydrogens (primary N) is 1. The lowest BCUT2D eigenvalue weighted by Gasteiger charge is -2.12. The zero-order valence-electron chi connectivity index (χ0n) is 23.4. The molecule has 0 saturated heterocycles. The van der Waals surface area contributed by atoms with Crippen LogP contribution in [0.2, 0.25) is 0 Å². The SMILES string of the molecule is CNc1ccc(Oc2ccnc3cc(OC)c(OC)cc23)cc1.NC=O.O=CC1(c2ccc(F)cc2OS(=O)(=O)O)CC1. The standard InChI is InChI=1S/C18H18N2O3.C10H9FO5S.CH3NO/c1-19-12-4-6-13(7-5-12)23-16-8-9-20-15-11-18(22-3)17(21-2)10-14(15)16;11-7-1-2-8(10(6-12)3-4-10)9(5-7)16-17(13,14)15;2-1-3/h4-11,19H,1-3H3;1-2,5-6H,3-4H2,(H,13,14,15);1H,(H2,2,3). The molecule has 14 heteroatoms. The van der Waals surface area contributed by atoms with Crippen molar-refractivity contribution in [2.75, 3.05) is 26.6 Å². The summed E-state index contributed by atoms with van der Waals surface area (Å²) in [5.41, 5.74) is 5.44. The molecule has 0 unspecified atom stereocenters. The van der Waals surface area contributed by atoms with Gasteiger partial charge in [-0.2, -0.15) is 8.42 Å². The fourth-order valence-electron chi connectivity index (χ4n) is 4.03. The molecule has 5 rings (SSSR count). The van der Waals surface area contributed by atoms with E-state index in [1.807, 2.05) is 49.5 Å². The lowest BCUT2D eigenvalue weighted by Crippen LogP contribution is -2.14. The molecule has 228 valence electrons. The molecule has 1 amide bonds. The van der Waals surface area contributed by atoms with Gasteiger partial charge in [0.1, 0.15) is 23.6 Å². The summed E-state index contributed by atoms with van der Waals surface area (Å²) in [6, 6.07) is 16.5. The van der Waals surface area contributed by atoms with E-state index in [-0.39, 0.29) is 17.7 Å². The number of methoxy groups -OCH3 is 2. The molecule has 0 bridgehead atoms. The third-order valence-electron chi connectivity index (χ3n) is 6.27. The first-order chi connectivity index (χ1) is 20.5. The maximum Gasteiger partial charge on any atom is 0.446 e. The van der Waals surface area contributed by atoms with E-state index in [0.717, 1.165) is 34.5 Å². The Morgan fingerprint density at radius 2 is 1.58 bits per heavy atom. The second kappa shape index (κ2) is 14.3. The molecule has 4 aromatic rings. The molecule has 1 fully saturated rings. The van der Waals surface area contributed by atoms with Crippen LogP contribution in [0.1, 0.15) is 18.4 Å². The van der Waals surface area contributed by atoms with Gasteiger partial charge in [-0.15, -0.1) is 0 Å². The molecule has 0 aliphatic heterocycles. The molecule has 4 N–H and O–H groups in total. The Balaban J connectivity index is 0.000000224. The van der Waals surface area contributed by atoms with Gasteiger partial charge in [-0.1, -0.05) is 6.07 Å². The number of ether oxygens (including phenoxy) is 3. The Bertz CT molecular complexity index is 1680. The van der Waals surface area contributed by atoms with Crippen molar-refractivity contribution >= 4 is 39.7 Å². The molecular weight excluding hydrogens is 585 g/mol. The van der Waals surface area contributed by atoms with Gasteiger partial charge in [0.15, 0.2) is 17.2 Å². The Labute approximate surface area is 247 Å².